The van der Waals surface area contributed by atoms with Crippen molar-refractivity contribution in [2.75, 3.05) is 5.75 Å². The van der Waals surface area contributed by atoms with Gasteiger partial charge < -0.3 is 0 Å². The molecule has 4 heteroatoms. The zero-order chi connectivity index (χ0) is 11.1. The van der Waals surface area contributed by atoms with Crippen LogP contribution in [0.2, 0.25) is 10.0 Å². The fourth-order valence-corrected chi connectivity index (χ4v) is 2.80. The fraction of sp³-hybridized carbons (Fsp3) is 0.364. The van der Waals surface area contributed by atoms with Gasteiger partial charge in [0.2, 0.25) is 0 Å². The minimum Gasteiger partial charge on any atom is -0.198 e. The summed E-state index contributed by atoms with van der Waals surface area (Å²) in [7, 11) is 0. The minimum atomic E-state index is 0.614. The smallest absolute Gasteiger partial charge is 0.0622 e. The van der Waals surface area contributed by atoms with Crippen molar-refractivity contribution in [1.29, 1.82) is 5.26 Å². The highest BCUT2D eigenvalue weighted by Crippen LogP contribution is 2.28. The van der Waals surface area contributed by atoms with Crippen LogP contribution in [-0.4, -0.2) is 5.75 Å². The Balaban J connectivity index is 2.41. The van der Waals surface area contributed by atoms with E-state index in [0.29, 0.717) is 6.42 Å². The molecule has 0 radical (unpaired) electrons. The number of unbranched alkanes of at least 4 members (excludes halogenated alkanes) is 1. The topological polar surface area (TPSA) is 23.8 Å². The Labute approximate surface area is 104 Å². The van der Waals surface area contributed by atoms with E-state index in [2.05, 4.69) is 6.07 Å². The summed E-state index contributed by atoms with van der Waals surface area (Å²) in [6, 6.07) is 7.66. The van der Waals surface area contributed by atoms with E-state index in [1.54, 1.807) is 11.8 Å². The first-order valence-electron chi connectivity index (χ1n) is 4.63. The van der Waals surface area contributed by atoms with Crippen LogP contribution < -0.4 is 0 Å². The second-order valence-corrected chi connectivity index (χ2v) is 4.93. The van der Waals surface area contributed by atoms with E-state index in [-0.39, 0.29) is 0 Å². The summed E-state index contributed by atoms with van der Waals surface area (Å²) in [5.74, 6) is 1.78. The van der Waals surface area contributed by atoms with Gasteiger partial charge in [0, 0.05) is 22.2 Å². The van der Waals surface area contributed by atoms with E-state index >= 15 is 0 Å². The third-order valence-corrected chi connectivity index (χ3v) is 3.66. The zero-order valence-electron chi connectivity index (χ0n) is 8.17. The lowest BCUT2D eigenvalue weighted by Gasteiger charge is -2.05. The van der Waals surface area contributed by atoms with Crippen LogP contribution in [0.15, 0.2) is 18.2 Å². The highest BCUT2D eigenvalue weighted by Gasteiger charge is 2.04. The lowest BCUT2D eigenvalue weighted by molar-refractivity contribution is 0.981. The molecule has 0 N–H and O–H groups in total. The maximum absolute atomic E-state index is 8.37. The second-order valence-electron chi connectivity index (χ2n) is 3.01. The van der Waals surface area contributed by atoms with Crippen molar-refractivity contribution in [3.63, 3.8) is 0 Å². The molecule has 0 aromatic heterocycles. The first-order chi connectivity index (χ1) is 7.25. The lowest BCUT2D eigenvalue weighted by atomic mass is 10.2. The van der Waals surface area contributed by atoms with Crippen molar-refractivity contribution in [3.05, 3.63) is 33.8 Å². The van der Waals surface area contributed by atoms with Gasteiger partial charge >= 0.3 is 0 Å². The van der Waals surface area contributed by atoms with Gasteiger partial charge in [0.1, 0.15) is 0 Å². The van der Waals surface area contributed by atoms with Crippen LogP contribution >= 0.6 is 35.0 Å². The zero-order valence-corrected chi connectivity index (χ0v) is 10.5. The molecule has 1 rings (SSSR count). The molecule has 0 aliphatic rings. The van der Waals surface area contributed by atoms with Gasteiger partial charge in [0.25, 0.3) is 0 Å². The number of hydrogen-bond donors (Lipinski definition) is 0. The van der Waals surface area contributed by atoms with Gasteiger partial charge in [-0.1, -0.05) is 29.3 Å². The molecule has 15 heavy (non-hydrogen) atoms. The Morgan fingerprint density at radius 3 is 2.53 bits per heavy atom. The van der Waals surface area contributed by atoms with Crippen LogP contribution in [0.1, 0.15) is 18.4 Å². The molecule has 0 bridgehead atoms. The number of nitrogens with zero attached hydrogens (tertiary/aromatic N) is 1. The highest BCUT2D eigenvalue weighted by atomic mass is 35.5. The predicted molar refractivity (Wildman–Crippen MR) is 67.5 cm³/mol. The number of rotatable bonds is 5. The Hall–Kier alpha value is -0.360. The van der Waals surface area contributed by atoms with Crippen LogP contribution in [0.25, 0.3) is 0 Å². The molecule has 0 atom stereocenters. The first-order valence-corrected chi connectivity index (χ1v) is 6.54. The van der Waals surface area contributed by atoms with E-state index in [1.807, 2.05) is 18.2 Å². The highest BCUT2D eigenvalue weighted by molar-refractivity contribution is 7.98. The van der Waals surface area contributed by atoms with Gasteiger partial charge in [0.15, 0.2) is 0 Å². The molecule has 1 nitrogen and oxygen atoms in total. The van der Waals surface area contributed by atoms with Crippen molar-refractivity contribution in [2.24, 2.45) is 0 Å². The quantitative estimate of drug-likeness (QED) is 0.726. The molecule has 0 unspecified atom stereocenters. The van der Waals surface area contributed by atoms with E-state index < -0.39 is 0 Å². The van der Waals surface area contributed by atoms with Gasteiger partial charge in [-0.3, -0.25) is 0 Å². The third kappa shape index (κ3) is 4.34. The molecule has 0 heterocycles. The molecule has 0 amide bonds. The molecule has 80 valence electrons. The van der Waals surface area contributed by atoms with Crippen molar-refractivity contribution in [2.45, 2.75) is 18.6 Å². The monoisotopic (exact) mass is 259 g/mol. The molecular weight excluding hydrogens is 249 g/mol. The number of thioether (sulfide) groups is 1. The van der Waals surface area contributed by atoms with Gasteiger partial charge in [-0.25, -0.2) is 0 Å². The molecule has 0 spiro atoms. The van der Waals surface area contributed by atoms with Crippen LogP contribution in [0.3, 0.4) is 0 Å². The number of halogens is 2. The Bertz CT molecular complexity index is 340. The first kappa shape index (κ1) is 12.7. The van der Waals surface area contributed by atoms with Crippen molar-refractivity contribution in [1.82, 2.24) is 0 Å². The van der Waals surface area contributed by atoms with Gasteiger partial charge in [-0.15, -0.1) is 0 Å². The summed E-state index contributed by atoms with van der Waals surface area (Å²) >= 11 is 13.8. The Morgan fingerprint density at radius 2 is 1.93 bits per heavy atom. The average Bonchev–Trinajstić information content (AvgIpc) is 2.21. The normalized spacial score (nSPS) is 9.93. The Morgan fingerprint density at radius 1 is 1.27 bits per heavy atom. The molecular formula is C11H11Cl2NS. The van der Waals surface area contributed by atoms with E-state index in [1.165, 1.54) is 0 Å². The van der Waals surface area contributed by atoms with Gasteiger partial charge in [-0.05, 0) is 29.9 Å². The summed E-state index contributed by atoms with van der Waals surface area (Å²) in [6.07, 6.45) is 1.53. The predicted octanol–water partition coefficient (Wildman–Crippen LogP) is 4.53. The van der Waals surface area contributed by atoms with Crippen molar-refractivity contribution < 1.29 is 0 Å². The van der Waals surface area contributed by atoms with Gasteiger partial charge in [-0.2, -0.15) is 17.0 Å². The largest absolute Gasteiger partial charge is 0.198 e. The fourth-order valence-electron chi connectivity index (χ4n) is 1.10. The summed E-state index contributed by atoms with van der Waals surface area (Å²) in [4.78, 5) is 0. The molecule has 1 aromatic rings. The number of benzene rings is 1. The van der Waals surface area contributed by atoms with E-state index in [9.17, 15) is 0 Å². The number of hydrogen-bond acceptors (Lipinski definition) is 2. The maximum Gasteiger partial charge on any atom is 0.0622 e. The van der Waals surface area contributed by atoms with Crippen LogP contribution in [0.5, 0.6) is 0 Å². The molecule has 0 saturated heterocycles. The van der Waals surface area contributed by atoms with Crippen LogP contribution in [-0.2, 0) is 5.75 Å². The standard InChI is InChI=1S/C11H11Cl2NS/c12-10-4-3-5-11(13)9(10)8-15-7-2-1-6-14/h3-5H,1-2,7-8H2. The molecule has 0 fully saturated rings. The third-order valence-electron chi connectivity index (χ3n) is 1.89. The number of nitriles is 1. The maximum atomic E-state index is 8.37. The summed E-state index contributed by atoms with van der Waals surface area (Å²) < 4.78 is 0. The Kier molecular flexibility index (Phi) is 5.93. The molecule has 0 aliphatic carbocycles. The molecule has 0 saturated carbocycles. The van der Waals surface area contributed by atoms with Gasteiger partial charge in [0.05, 0.1) is 6.07 Å². The minimum absolute atomic E-state index is 0.614. The van der Waals surface area contributed by atoms with E-state index in [0.717, 1.165) is 33.5 Å². The summed E-state index contributed by atoms with van der Waals surface area (Å²) in [5, 5.41) is 9.81. The summed E-state index contributed by atoms with van der Waals surface area (Å²) in [5.41, 5.74) is 0.989. The van der Waals surface area contributed by atoms with Crippen LogP contribution in [0, 0.1) is 11.3 Å². The molecule has 0 aliphatic heterocycles. The van der Waals surface area contributed by atoms with E-state index in [4.69, 9.17) is 28.5 Å². The summed E-state index contributed by atoms with van der Waals surface area (Å²) in [6.45, 7) is 0. The van der Waals surface area contributed by atoms with Crippen LogP contribution in [0.4, 0.5) is 0 Å². The average molecular weight is 260 g/mol. The lowest BCUT2D eigenvalue weighted by Crippen LogP contribution is -1.86. The van der Waals surface area contributed by atoms with Crippen molar-refractivity contribution >= 4 is 35.0 Å². The molecule has 1 aromatic carbocycles. The SMILES string of the molecule is N#CCCCSCc1c(Cl)cccc1Cl. The second kappa shape index (κ2) is 7.00. The van der Waals surface area contributed by atoms with Crippen molar-refractivity contribution in [3.8, 4) is 6.07 Å².